The highest BCUT2D eigenvalue weighted by Crippen LogP contribution is 2.24. The van der Waals surface area contributed by atoms with Crippen LogP contribution < -0.4 is 14.8 Å². The summed E-state index contributed by atoms with van der Waals surface area (Å²) in [6, 6.07) is 12.6. The SMILES string of the molecule is COc1ccc(-c2nsc(NC(=O)[C@H](C)Oc3ccc(Cl)c(C)c3)n2)cc1. The number of aryl methyl sites for hydroxylation is 1. The Morgan fingerprint density at radius 3 is 2.56 bits per heavy atom. The molecular weight excluding hydrogens is 386 g/mol. The molecule has 0 saturated heterocycles. The third-order valence-corrected chi connectivity index (χ3v) is 4.87. The average molecular weight is 404 g/mol. The van der Waals surface area contributed by atoms with Crippen LogP contribution in [0.2, 0.25) is 5.02 Å². The van der Waals surface area contributed by atoms with Gasteiger partial charge in [-0.1, -0.05) is 11.6 Å². The van der Waals surface area contributed by atoms with Gasteiger partial charge in [0.2, 0.25) is 5.13 Å². The number of benzene rings is 2. The Balaban J connectivity index is 1.63. The van der Waals surface area contributed by atoms with Gasteiger partial charge in [0.15, 0.2) is 11.9 Å². The van der Waals surface area contributed by atoms with E-state index >= 15 is 0 Å². The number of anilines is 1. The van der Waals surface area contributed by atoms with Crippen molar-refractivity contribution in [1.82, 2.24) is 9.36 Å². The van der Waals surface area contributed by atoms with Gasteiger partial charge >= 0.3 is 0 Å². The van der Waals surface area contributed by atoms with Crippen molar-refractivity contribution in [2.45, 2.75) is 20.0 Å². The lowest BCUT2D eigenvalue weighted by Crippen LogP contribution is -2.30. The lowest BCUT2D eigenvalue weighted by atomic mass is 10.2. The maximum atomic E-state index is 12.4. The van der Waals surface area contributed by atoms with Gasteiger partial charge in [0.1, 0.15) is 11.5 Å². The zero-order valence-electron chi connectivity index (χ0n) is 15.0. The fourth-order valence-corrected chi connectivity index (χ4v) is 3.00. The molecule has 0 aliphatic rings. The van der Waals surface area contributed by atoms with Crippen LogP contribution in [0.15, 0.2) is 42.5 Å². The minimum atomic E-state index is -0.695. The summed E-state index contributed by atoms with van der Waals surface area (Å²) in [5.41, 5.74) is 1.73. The summed E-state index contributed by atoms with van der Waals surface area (Å²) < 4.78 is 15.1. The highest BCUT2D eigenvalue weighted by atomic mass is 35.5. The third kappa shape index (κ3) is 4.75. The molecule has 1 amide bonds. The normalized spacial score (nSPS) is 11.7. The summed E-state index contributed by atoms with van der Waals surface area (Å²) in [5, 5.41) is 3.79. The van der Waals surface area contributed by atoms with Crippen molar-refractivity contribution < 1.29 is 14.3 Å². The van der Waals surface area contributed by atoms with Gasteiger partial charge in [-0.25, -0.2) is 0 Å². The van der Waals surface area contributed by atoms with Gasteiger partial charge in [-0.3, -0.25) is 10.1 Å². The van der Waals surface area contributed by atoms with Crippen LogP contribution in [0.5, 0.6) is 11.5 Å². The second kappa shape index (κ2) is 8.37. The zero-order chi connectivity index (χ0) is 19.4. The van der Waals surface area contributed by atoms with E-state index in [1.165, 1.54) is 0 Å². The standard InChI is InChI=1S/C19H18ClN3O3S/c1-11-10-15(8-9-16(11)20)26-12(2)18(24)22-19-21-17(23-27-19)13-4-6-14(25-3)7-5-13/h4-10,12H,1-3H3,(H,21,22,23,24)/t12-/m0/s1. The monoisotopic (exact) mass is 403 g/mol. The van der Waals surface area contributed by atoms with E-state index in [-0.39, 0.29) is 5.91 Å². The number of carbonyl (C=O) groups excluding carboxylic acids is 1. The second-order valence-corrected chi connectivity index (χ2v) is 6.97. The fourth-order valence-electron chi connectivity index (χ4n) is 2.29. The summed E-state index contributed by atoms with van der Waals surface area (Å²) in [5.74, 6) is 1.57. The molecule has 0 unspecified atom stereocenters. The summed E-state index contributed by atoms with van der Waals surface area (Å²) in [7, 11) is 1.61. The summed E-state index contributed by atoms with van der Waals surface area (Å²) in [4.78, 5) is 16.7. The number of carbonyl (C=O) groups is 1. The Morgan fingerprint density at radius 1 is 1.19 bits per heavy atom. The number of rotatable bonds is 6. The van der Waals surface area contributed by atoms with E-state index in [1.807, 2.05) is 31.2 Å². The van der Waals surface area contributed by atoms with Crippen LogP contribution in [-0.4, -0.2) is 28.5 Å². The van der Waals surface area contributed by atoms with E-state index in [0.29, 0.717) is 21.7 Å². The van der Waals surface area contributed by atoms with Crippen molar-refractivity contribution in [3.8, 4) is 22.9 Å². The quantitative estimate of drug-likeness (QED) is 0.652. The Bertz CT molecular complexity index is 944. The van der Waals surface area contributed by atoms with Crippen LogP contribution in [0, 0.1) is 6.92 Å². The number of aromatic nitrogens is 2. The van der Waals surface area contributed by atoms with E-state index in [0.717, 1.165) is 28.4 Å². The molecule has 27 heavy (non-hydrogen) atoms. The fraction of sp³-hybridized carbons (Fsp3) is 0.211. The Kier molecular flexibility index (Phi) is 5.93. The molecule has 3 rings (SSSR count). The number of ether oxygens (including phenoxy) is 2. The zero-order valence-corrected chi connectivity index (χ0v) is 16.6. The molecule has 0 spiro atoms. The van der Waals surface area contributed by atoms with E-state index in [2.05, 4.69) is 14.7 Å². The lowest BCUT2D eigenvalue weighted by Gasteiger charge is -2.14. The van der Waals surface area contributed by atoms with Crippen molar-refractivity contribution in [2.24, 2.45) is 0 Å². The molecular formula is C19H18ClN3O3S. The Morgan fingerprint density at radius 2 is 1.89 bits per heavy atom. The lowest BCUT2D eigenvalue weighted by molar-refractivity contribution is -0.122. The van der Waals surface area contributed by atoms with Crippen LogP contribution in [0.3, 0.4) is 0 Å². The number of hydrogen-bond acceptors (Lipinski definition) is 6. The number of hydrogen-bond donors (Lipinski definition) is 1. The molecule has 1 aromatic heterocycles. The van der Waals surface area contributed by atoms with Crippen LogP contribution in [0.4, 0.5) is 5.13 Å². The van der Waals surface area contributed by atoms with Crippen LogP contribution in [0.1, 0.15) is 12.5 Å². The number of nitrogens with one attached hydrogen (secondary N) is 1. The largest absolute Gasteiger partial charge is 0.497 e. The minimum Gasteiger partial charge on any atom is -0.497 e. The topological polar surface area (TPSA) is 73.3 Å². The van der Waals surface area contributed by atoms with Crippen LogP contribution in [-0.2, 0) is 4.79 Å². The van der Waals surface area contributed by atoms with Crippen molar-refractivity contribution in [1.29, 1.82) is 0 Å². The van der Waals surface area contributed by atoms with Crippen LogP contribution in [0.25, 0.3) is 11.4 Å². The average Bonchev–Trinajstić information content (AvgIpc) is 3.13. The molecule has 8 heteroatoms. The highest BCUT2D eigenvalue weighted by Gasteiger charge is 2.17. The van der Waals surface area contributed by atoms with Crippen molar-refractivity contribution >= 4 is 34.2 Å². The van der Waals surface area contributed by atoms with E-state index in [1.54, 1.807) is 32.2 Å². The minimum absolute atomic E-state index is 0.306. The van der Waals surface area contributed by atoms with Gasteiger partial charge in [-0.05, 0) is 61.9 Å². The molecule has 0 fully saturated rings. The highest BCUT2D eigenvalue weighted by molar-refractivity contribution is 7.10. The molecule has 0 aliphatic carbocycles. The number of amides is 1. The van der Waals surface area contributed by atoms with Crippen LogP contribution >= 0.6 is 23.1 Å². The molecule has 0 radical (unpaired) electrons. The first-order valence-electron chi connectivity index (χ1n) is 8.18. The molecule has 140 valence electrons. The van der Waals surface area contributed by atoms with E-state index in [4.69, 9.17) is 21.1 Å². The Hall–Kier alpha value is -2.64. The second-order valence-electron chi connectivity index (χ2n) is 5.81. The maximum Gasteiger partial charge on any atom is 0.266 e. The first kappa shape index (κ1) is 19.1. The summed E-state index contributed by atoms with van der Waals surface area (Å²) >= 11 is 7.11. The molecule has 0 saturated carbocycles. The molecule has 3 aromatic rings. The van der Waals surface area contributed by atoms with Gasteiger partial charge in [0.05, 0.1) is 7.11 Å². The Labute approximate surface area is 166 Å². The van der Waals surface area contributed by atoms with Gasteiger partial charge in [-0.15, -0.1) is 0 Å². The third-order valence-electron chi connectivity index (χ3n) is 3.82. The van der Waals surface area contributed by atoms with Gasteiger partial charge in [-0.2, -0.15) is 9.36 Å². The summed E-state index contributed by atoms with van der Waals surface area (Å²) in [6.45, 7) is 3.55. The molecule has 0 bridgehead atoms. The van der Waals surface area contributed by atoms with Crippen molar-refractivity contribution in [2.75, 3.05) is 12.4 Å². The predicted octanol–water partition coefficient (Wildman–Crippen LogP) is 4.58. The van der Waals surface area contributed by atoms with Gasteiger partial charge < -0.3 is 9.47 Å². The molecule has 1 atom stereocenters. The number of methoxy groups -OCH3 is 1. The molecule has 2 aromatic carbocycles. The summed E-state index contributed by atoms with van der Waals surface area (Å²) in [6.07, 6.45) is -0.695. The molecule has 1 heterocycles. The molecule has 1 N–H and O–H groups in total. The van der Waals surface area contributed by atoms with Crippen molar-refractivity contribution in [3.05, 3.63) is 53.1 Å². The predicted molar refractivity (Wildman–Crippen MR) is 107 cm³/mol. The number of halogens is 1. The molecule has 0 aliphatic heterocycles. The van der Waals surface area contributed by atoms with Crippen molar-refractivity contribution in [3.63, 3.8) is 0 Å². The first-order chi connectivity index (χ1) is 13.0. The van der Waals surface area contributed by atoms with E-state index < -0.39 is 6.10 Å². The first-order valence-corrected chi connectivity index (χ1v) is 9.33. The van der Waals surface area contributed by atoms with Gasteiger partial charge in [0, 0.05) is 22.1 Å². The van der Waals surface area contributed by atoms with E-state index in [9.17, 15) is 4.79 Å². The van der Waals surface area contributed by atoms with Gasteiger partial charge in [0.25, 0.3) is 5.91 Å². The molecule has 6 nitrogen and oxygen atoms in total. The smallest absolute Gasteiger partial charge is 0.266 e. The maximum absolute atomic E-state index is 12.4. The number of nitrogens with zero attached hydrogens (tertiary/aromatic N) is 2.